The highest BCUT2D eigenvalue weighted by molar-refractivity contribution is 14.1. The monoisotopic (exact) mass is 452 g/mol. The van der Waals surface area contributed by atoms with Gasteiger partial charge in [0, 0.05) is 15.8 Å². The van der Waals surface area contributed by atoms with Crippen molar-refractivity contribution in [1.82, 2.24) is 4.31 Å². The third-order valence-electron chi connectivity index (χ3n) is 3.38. The molecule has 0 bridgehead atoms. The van der Waals surface area contributed by atoms with Gasteiger partial charge in [-0.15, -0.1) is 0 Å². The number of esters is 1. The van der Waals surface area contributed by atoms with Crippen LogP contribution in [0.4, 0.5) is 5.69 Å². The molecule has 1 aliphatic heterocycles. The first kappa shape index (κ1) is 18.1. The van der Waals surface area contributed by atoms with Crippen LogP contribution in [0.1, 0.15) is 12.8 Å². The van der Waals surface area contributed by atoms with Gasteiger partial charge >= 0.3 is 5.97 Å². The van der Waals surface area contributed by atoms with Crippen LogP contribution in [0.2, 0.25) is 0 Å². The van der Waals surface area contributed by atoms with Crippen LogP contribution in [0, 0.1) is 3.57 Å². The van der Waals surface area contributed by atoms with Gasteiger partial charge < -0.3 is 10.1 Å². The number of nitrogens with one attached hydrogen (secondary N) is 1. The predicted molar refractivity (Wildman–Crippen MR) is 93.3 cm³/mol. The molecule has 1 N–H and O–H groups in total. The van der Waals surface area contributed by atoms with Gasteiger partial charge in [-0.25, -0.2) is 8.42 Å². The lowest BCUT2D eigenvalue weighted by atomic mass is 10.2. The highest BCUT2D eigenvalue weighted by atomic mass is 127. The van der Waals surface area contributed by atoms with E-state index >= 15 is 0 Å². The van der Waals surface area contributed by atoms with Crippen molar-refractivity contribution in [2.24, 2.45) is 0 Å². The number of nitrogens with zero attached hydrogens (tertiary/aromatic N) is 1. The molecule has 23 heavy (non-hydrogen) atoms. The van der Waals surface area contributed by atoms with Gasteiger partial charge in [0.1, 0.15) is 6.04 Å². The van der Waals surface area contributed by atoms with Crippen LogP contribution in [0.5, 0.6) is 0 Å². The maximum absolute atomic E-state index is 12.0. The van der Waals surface area contributed by atoms with E-state index < -0.39 is 34.5 Å². The van der Waals surface area contributed by atoms with Crippen molar-refractivity contribution >= 4 is 50.2 Å². The lowest BCUT2D eigenvalue weighted by Gasteiger charge is -2.20. The maximum atomic E-state index is 12.0. The number of rotatable bonds is 5. The molecule has 1 heterocycles. The second kappa shape index (κ2) is 7.58. The van der Waals surface area contributed by atoms with E-state index in [4.69, 9.17) is 4.74 Å². The SMILES string of the molecule is CS(=O)(=O)N1CCC[C@H]1C(=O)OCC(=O)Nc1ccc(I)cc1. The summed E-state index contributed by atoms with van der Waals surface area (Å²) in [5, 5.41) is 2.61. The van der Waals surface area contributed by atoms with E-state index in [1.54, 1.807) is 12.1 Å². The summed E-state index contributed by atoms with van der Waals surface area (Å²) in [5.74, 6) is -1.16. The van der Waals surface area contributed by atoms with Crippen LogP contribution < -0.4 is 5.32 Å². The topological polar surface area (TPSA) is 92.8 Å². The smallest absolute Gasteiger partial charge is 0.324 e. The van der Waals surface area contributed by atoms with E-state index in [2.05, 4.69) is 27.9 Å². The van der Waals surface area contributed by atoms with E-state index in [1.165, 1.54) is 0 Å². The Morgan fingerprint density at radius 2 is 2.00 bits per heavy atom. The third-order valence-corrected chi connectivity index (χ3v) is 5.38. The molecule has 9 heteroatoms. The molecule has 1 aromatic rings. The lowest BCUT2D eigenvalue weighted by molar-refractivity contribution is -0.150. The van der Waals surface area contributed by atoms with Crippen molar-refractivity contribution < 1.29 is 22.7 Å². The van der Waals surface area contributed by atoms with Crippen LogP contribution in [0.15, 0.2) is 24.3 Å². The Balaban J connectivity index is 1.86. The van der Waals surface area contributed by atoms with Gasteiger partial charge in [0.15, 0.2) is 6.61 Å². The Morgan fingerprint density at radius 1 is 1.35 bits per heavy atom. The van der Waals surface area contributed by atoms with Gasteiger partial charge in [0.25, 0.3) is 5.91 Å². The number of benzene rings is 1. The first-order valence-corrected chi connectivity index (χ1v) is 9.89. The molecule has 1 atom stereocenters. The number of amides is 1. The van der Waals surface area contributed by atoms with Crippen LogP contribution >= 0.6 is 22.6 Å². The molecule has 0 aromatic heterocycles. The molecular formula is C14H17IN2O5S. The van der Waals surface area contributed by atoms with Gasteiger partial charge in [0.05, 0.1) is 6.26 Å². The van der Waals surface area contributed by atoms with Gasteiger partial charge in [-0.2, -0.15) is 4.31 Å². The molecule has 0 aliphatic carbocycles. The summed E-state index contributed by atoms with van der Waals surface area (Å²) < 4.78 is 30.3. The number of carbonyl (C=O) groups excluding carboxylic acids is 2. The van der Waals surface area contributed by atoms with Crippen LogP contribution in [0.25, 0.3) is 0 Å². The molecule has 0 radical (unpaired) electrons. The number of hydrogen-bond donors (Lipinski definition) is 1. The minimum Gasteiger partial charge on any atom is -0.454 e. The maximum Gasteiger partial charge on any atom is 0.324 e. The van der Waals surface area contributed by atoms with E-state index in [0.29, 0.717) is 25.1 Å². The minimum atomic E-state index is -3.46. The van der Waals surface area contributed by atoms with Gasteiger partial charge in [-0.05, 0) is 59.7 Å². The van der Waals surface area contributed by atoms with Crippen LogP contribution in [-0.2, 0) is 24.3 Å². The average Bonchev–Trinajstić information content (AvgIpc) is 2.97. The summed E-state index contributed by atoms with van der Waals surface area (Å²) in [6.07, 6.45) is 2.06. The zero-order valence-electron chi connectivity index (χ0n) is 12.5. The van der Waals surface area contributed by atoms with Gasteiger partial charge in [-0.1, -0.05) is 0 Å². The molecule has 1 aliphatic rings. The molecule has 0 spiro atoms. The normalized spacial score (nSPS) is 18.6. The highest BCUT2D eigenvalue weighted by Crippen LogP contribution is 2.21. The molecule has 0 unspecified atom stereocenters. The van der Waals surface area contributed by atoms with Gasteiger partial charge in [-0.3, -0.25) is 9.59 Å². The van der Waals surface area contributed by atoms with Crippen molar-refractivity contribution in [3.63, 3.8) is 0 Å². The molecule has 1 fully saturated rings. The molecule has 0 saturated carbocycles. The first-order chi connectivity index (χ1) is 10.8. The largest absolute Gasteiger partial charge is 0.454 e. The highest BCUT2D eigenvalue weighted by Gasteiger charge is 2.37. The molecule has 1 amide bonds. The number of anilines is 1. The Kier molecular flexibility index (Phi) is 5.98. The first-order valence-electron chi connectivity index (χ1n) is 6.96. The predicted octanol–water partition coefficient (Wildman–Crippen LogP) is 1.20. The molecule has 7 nitrogen and oxygen atoms in total. The zero-order valence-corrected chi connectivity index (χ0v) is 15.5. The van der Waals surface area contributed by atoms with E-state index in [1.807, 2.05) is 12.1 Å². The standard InChI is InChI=1S/C14H17IN2O5S/c1-23(20,21)17-8-2-3-12(17)14(19)22-9-13(18)16-11-6-4-10(15)5-7-11/h4-7,12H,2-3,8-9H2,1H3,(H,16,18)/t12-/m0/s1. The number of hydrogen-bond acceptors (Lipinski definition) is 5. The number of halogens is 1. The van der Waals surface area contributed by atoms with E-state index in [-0.39, 0.29) is 0 Å². The number of sulfonamides is 1. The Hall–Kier alpha value is -1.20. The fraction of sp³-hybridized carbons (Fsp3) is 0.429. The Labute approximate surface area is 148 Å². The molecular weight excluding hydrogens is 435 g/mol. The van der Waals surface area contributed by atoms with Crippen molar-refractivity contribution in [1.29, 1.82) is 0 Å². The fourth-order valence-corrected chi connectivity index (χ4v) is 3.81. The molecule has 2 rings (SSSR count). The fourth-order valence-electron chi connectivity index (χ4n) is 2.34. The molecule has 1 aromatic carbocycles. The van der Waals surface area contributed by atoms with Crippen LogP contribution in [-0.4, -0.2) is 50.0 Å². The lowest BCUT2D eigenvalue weighted by Crippen LogP contribution is -2.41. The summed E-state index contributed by atoms with van der Waals surface area (Å²) in [7, 11) is -3.46. The van der Waals surface area contributed by atoms with E-state index in [0.717, 1.165) is 14.1 Å². The second-order valence-electron chi connectivity index (χ2n) is 5.19. The van der Waals surface area contributed by atoms with Crippen molar-refractivity contribution in [2.45, 2.75) is 18.9 Å². The Bertz CT molecular complexity index is 690. The minimum absolute atomic E-state index is 0.299. The summed E-state index contributed by atoms with van der Waals surface area (Å²) in [4.78, 5) is 23.8. The molecule has 126 valence electrons. The average molecular weight is 452 g/mol. The van der Waals surface area contributed by atoms with E-state index in [9.17, 15) is 18.0 Å². The number of ether oxygens (including phenoxy) is 1. The molecule has 1 saturated heterocycles. The summed E-state index contributed by atoms with van der Waals surface area (Å²) in [5.41, 5.74) is 0.602. The quantitative estimate of drug-likeness (QED) is 0.536. The summed E-state index contributed by atoms with van der Waals surface area (Å²) in [6.45, 7) is -0.146. The van der Waals surface area contributed by atoms with Crippen molar-refractivity contribution in [2.75, 3.05) is 24.7 Å². The van der Waals surface area contributed by atoms with Crippen LogP contribution in [0.3, 0.4) is 0 Å². The zero-order chi connectivity index (χ0) is 17.0. The Morgan fingerprint density at radius 3 is 2.61 bits per heavy atom. The summed E-state index contributed by atoms with van der Waals surface area (Å²) >= 11 is 2.15. The third kappa shape index (κ3) is 5.15. The van der Waals surface area contributed by atoms with Crippen molar-refractivity contribution in [3.8, 4) is 0 Å². The number of carbonyl (C=O) groups is 2. The second-order valence-corrected chi connectivity index (χ2v) is 8.38. The van der Waals surface area contributed by atoms with Gasteiger partial charge in [0.2, 0.25) is 10.0 Å². The summed E-state index contributed by atoms with van der Waals surface area (Å²) in [6, 6.07) is 6.32. The van der Waals surface area contributed by atoms with Crippen molar-refractivity contribution in [3.05, 3.63) is 27.8 Å².